The van der Waals surface area contributed by atoms with Gasteiger partial charge in [0.05, 0.1) is 0 Å². The van der Waals surface area contributed by atoms with Gasteiger partial charge in [0, 0.05) is 10.7 Å². The van der Waals surface area contributed by atoms with Crippen LogP contribution in [-0.2, 0) is 17.9 Å². The highest BCUT2D eigenvalue weighted by atomic mass is 79.9. The first-order valence-electron chi connectivity index (χ1n) is 8.18. The lowest BCUT2D eigenvalue weighted by molar-refractivity contribution is 0.131. The van der Waals surface area contributed by atoms with E-state index in [-0.39, 0.29) is 0 Å². The molecule has 24 heavy (non-hydrogen) atoms. The molecule has 0 aliphatic heterocycles. The molecule has 3 aromatic rings. The number of aryl methyl sites for hydroxylation is 1. The van der Waals surface area contributed by atoms with Crippen molar-refractivity contribution >= 4 is 32.9 Å². The molecule has 0 unspecified atom stereocenters. The number of hydrogen-bond donors (Lipinski definition) is 0. The summed E-state index contributed by atoms with van der Waals surface area (Å²) in [6.07, 6.45) is 4.84. The molecule has 0 aromatic heterocycles. The van der Waals surface area contributed by atoms with Crippen molar-refractivity contribution in [2.24, 2.45) is 5.16 Å². The maximum atomic E-state index is 5.31. The van der Waals surface area contributed by atoms with Gasteiger partial charge in [-0.1, -0.05) is 71.9 Å². The second-order valence-electron chi connectivity index (χ2n) is 5.70. The van der Waals surface area contributed by atoms with Gasteiger partial charge in [-0.25, -0.2) is 0 Å². The van der Waals surface area contributed by atoms with Crippen LogP contribution in [0.5, 0.6) is 0 Å². The van der Waals surface area contributed by atoms with Crippen molar-refractivity contribution in [3.63, 3.8) is 0 Å². The fourth-order valence-corrected chi connectivity index (χ4v) is 3.34. The van der Waals surface area contributed by atoms with Crippen LogP contribution in [0.4, 0.5) is 0 Å². The number of fused-ring (bicyclic) bond motifs is 1. The normalized spacial score (nSPS) is 11.2. The molecule has 2 nitrogen and oxygen atoms in total. The van der Waals surface area contributed by atoms with Gasteiger partial charge in [0.25, 0.3) is 0 Å². The van der Waals surface area contributed by atoms with E-state index >= 15 is 0 Å². The zero-order chi connectivity index (χ0) is 16.6. The minimum absolute atomic E-state index is 0.521. The number of hydrogen-bond acceptors (Lipinski definition) is 2. The summed E-state index contributed by atoms with van der Waals surface area (Å²) in [5.74, 6) is 0. The van der Waals surface area contributed by atoms with Crippen LogP contribution in [0.15, 0.2) is 76.4 Å². The van der Waals surface area contributed by atoms with E-state index in [4.69, 9.17) is 4.84 Å². The summed E-state index contributed by atoms with van der Waals surface area (Å²) < 4.78 is 1.21. The van der Waals surface area contributed by atoms with Gasteiger partial charge in [-0.3, -0.25) is 0 Å². The molecule has 3 heteroatoms. The first-order chi connectivity index (χ1) is 11.8. The van der Waals surface area contributed by atoms with E-state index in [0.717, 1.165) is 24.8 Å². The molecule has 0 aliphatic rings. The van der Waals surface area contributed by atoms with Gasteiger partial charge < -0.3 is 4.84 Å². The highest BCUT2D eigenvalue weighted by Gasteiger charge is 2.04. The van der Waals surface area contributed by atoms with Crippen molar-refractivity contribution in [3.8, 4) is 0 Å². The van der Waals surface area contributed by atoms with E-state index in [9.17, 15) is 0 Å². The minimum Gasteiger partial charge on any atom is -0.391 e. The summed E-state index contributed by atoms with van der Waals surface area (Å²) in [6, 6.07) is 22.9. The Morgan fingerprint density at radius 2 is 1.71 bits per heavy atom. The molecule has 0 spiro atoms. The van der Waals surface area contributed by atoms with Crippen molar-refractivity contribution in [1.29, 1.82) is 0 Å². The number of rotatable bonds is 7. The Balaban J connectivity index is 1.45. The third-order valence-corrected chi connectivity index (χ3v) is 4.88. The predicted molar refractivity (Wildman–Crippen MR) is 104 cm³/mol. The number of halogens is 1. The number of nitrogens with zero attached hydrogens (tertiary/aromatic N) is 1. The van der Waals surface area contributed by atoms with Crippen LogP contribution in [0.2, 0.25) is 0 Å². The maximum Gasteiger partial charge on any atom is 0.142 e. The Morgan fingerprint density at radius 3 is 2.58 bits per heavy atom. The van der Waals surface area contributed by atoms with E-state index in [2.05, 4.69) is 57.5 Å². The van der Waals surface area contributed by atoms with Crippen molar-refractivity contribution in [1.82, 2.24) is 0 Å². The van der Waals surface area contributed by atoms with Crippen LogP contribution < -0.4 is 0 Å². The van der Waals surface area contributed by atoms with Crippen LogP contribution in [0.1, 0.15) is 24.0 Å². The molecule has 0 atom stereocenters. The van der Waals surface area contributed by atoms with Crippen molar-refractivity contribution in [2.45, 2.75) is 25.9 Å². The molecule has 0 heterocycles. The van der Waals surface area contributed by atoms with E-state index in [1.165, 1.54) is 20.8 Å². The molecular weight excluding hydrogens is 362 g/mol. The number of oxime groups is 1. The molecule has 0 radical (unpaired) electrons. The standard InChI is InChI=1S/C21H20BrNO/c22-21-19(14-13-18-10-4-5-12-20(18)21)11-6-7-15-23-24-16-17-8-2-1-3-9-17/h1-5,8-10,12-15H,6-7,11,16H2/b23-15+. The summed E-state index contributed by atoms with van der Waals surface area (Å²) in [6.45, 7) is 0.521. The highest BCUT2D eigenvalue weighted by molar-refractivity contribution is 9.10. The molecule has 0 amide bonds. The summed E-state index contributed by atoms with van der Waals surface area (Å²) in [7, 11) is 0. The first-order valence-corrected chi connectivity index (χ1v) is 8.98. The smallest absolute Gasteiger partial charge is 0.142 e. The minimum atomic E-state index is 0.521. The third kappa shape index (κ3) is 4.45. The molecule has 0 N–H and O–H groups in total. The number of unbranched alkanes of at least 4 members (excludes halogenated alkanes) is 1. The van der Waals surface area contributed by atoms with Crippen LogP contribution in [0.3, 0.4) is 0 Å². The molecule has 3 rings (SSSR count). The average molecular weight is 382 g/mol. The van der Waals surface area contributed by atoms with Gasteiger partial charge in [0.1, 0.15) is 6.61 Å². The average Bonchev–Trinajstić information content (AvgIpc) is 2.64. The van der Waals surface area contributed by atoms with Gasteiger partial charge in [-0.05, 0) is 57.1 Å². The second-order valence-corrected chi connectivity index (χ2v) is 6.49. The molecule has 0 saturated heterocycles. The third-order valence-electron chi connectivity index (χ3n) is 3.95. The molecule has 0 saturated carbocycles. The van der Waals surface area contributed by atoms with E-state index in [1.54, 1.807) is 0 Å². The lowest BCUT2D eigenvalue weighted by atomic mass is 10.0. The van der Waals surface area contributed by atoms with Gasteiger partial charge >= 0.3 is 0 Å². The largest absolute Gasteiger partial charge is 0.391 e. The summed E-state index contributed by atoms with van der Waals surface area (Å²) >= 11 is 3.74. The lowest BCUT2D eigenvalue weighted by Gasteiger charge is -2.07. The second kappa shape index (κ2) is 8.65. The van der Waals surface area contributed by atoms with E-state index < -0.39 is 0 Å². The van der Waals surface area contributed by atoms with Crippen molar-refractivity contribution in [2.75, 3.05) is 0 Å². The van der Waals surface area contributed by atoms with Gasteiger partial charge in [0.2, 0.25) is 0 Å². The quantitative estimate of drug-likeness (QED) is 0.274. The van der Waals surface area contributed by atoms with Gasteiger partial charge in [-0.2, -0.15) is 0 Å². The molecule has 0 fully saturated rings. The van der Waals surface area contributed by atoms with E-state index in [0.29, 0.717) is 6.61 Å². The van der Waals surface area contributed by atoms with Crippen LogP contribution in [0.25, 0.3) is 10.8 Å². The fraction of sp³-hybridized carbons (Fsp3) is 0.190. The maximum absolute atomic E-state index is 5.31. The van der Waals surface area contributed by atoms with Gasteiger partial charge in [-0.15, -0.1) is 0 Å². The Labute approximate surface area is 151 Å². The van der Waals surface area contributed by atoms with Gasteiger partial charge in [0.15, 0.2) is 0 Å². The summed E-state index contributed by atoms with van der Waals surface area (Å²) in [5.41, 5.74) is 2.47. The molecular formula is C21H20BrNO. The van der Waals surface area contributed by atoms with E-state index in [1.807, 2.05) is 36.5 Å². The molecule has 3 aromatic carbocycles. The zero-order valence-electron chi connectivity index (χ0n) is 13.5. The molecule has 122 valence electrons. The first kappa shape index (κ1) is 16.7. The lowest BCUT2D eigenvalue weighted by Crippen LogP contribution is -1.90. The Morgan fingerprint density at radius 1 is 0.917 bits per heavy atom. The number of benzene rings is 3. The topological polar surface area (TPSA) is 21.6 Å². The highest BCUT2D eigenvalue weighted by Crippen LogP contribution is 2.28. The van der Waals surface area contributed by atoms with Crippen LogP contribution in [-0.4, -0.2) is 6.21 Å². The predicted octanol–water partition coefficient (Wildman–Crippen LogP) is 6.13. The Hall–Kier alpha value is -2.13. The van der Waals surface area contributed by atoms with Crippen molar-refractivity contribution < 1.29 is 4.84 Å². The van der Waals surface area contributed by atoms with Crippen LogP contribution in [0, 0.1) is 0 Å². The summed E-state index contributed by atoms with van der Waals surface area (Å²) in [4.78, 5) is 5.31. The molecule has 0 bridgehead atoms. The SMILES string of the molecule is Brc1c(CCC/C=N/OCc2ccccc2)ccc2ccccc12. The van der Waals surface area contributed by atoms with Crippen molar-refractivity contribution in [3.05, 3.63) is 82.3 Å². The van der Waals surface area contributed by atoms with Crippen LogP contribution >= 0.6 is 15.9 Å². The Bertz CT molecular complexity index is 814. The fourth-order valence-electron chi connectivity index (χ4n) is 2.65. The zero-order valence-corrected chi connectivity index (χ0v) is 15.1. The summed E-state index contributed by atoms with van der Waals surface area (Å²) in [5, 5.41) is 6.57. The Kier molecular flexibility index (Phi) is 6.02. The monoisotopic (exact) mass is 381 g/mol. The molecule has 0 aliphatic carbocycles.